The van der Waals surface area contributed by atoms with Crippen LogP contribution in [0.25, 0.3) is 0 Å². The average Bonchev–Trinajstić information content (AvgIpc) is 3.35. The first-order chi connectivity index (χ1) is 10.3. The fourth-order valence-corrected chi connectivity index (χ4v) is 3.06. The topological polar surface area (TPSA) is 12.0 Å². The van der Waals surface area contributed by atoms with E-state index in [1.807, 2.05) is 0 Å². The molecule has 0 heterocycles. The van der Waals surface area contributed by atoms with Gasteiger partial charge in [-0.15, -0.1) is 0 Å². The second kappa shape index (κ2) is 6.44. The molecule has 1 nitrogen and oxygen atoms in total. The minimum Gasteiger partial charge on any atom is -0.303 e. The van der Waals surface area contributed by atoms with Crippen LogP contribution in [0.1, 0.15) is 55.0 Å². The maximum Gasteiger partial charge on any atom is 0.0354 e. The van der Waals surface area contributed by atoms with E-state index in [1.165, 1.54) is 29.5 Å². The van der Waals surface area contributed by atoms with Gasteiger partial charge < -0.3 is 5.32 Å². The lowest BCUT2D eigenvalue weighted by Gasteiger charge is -2.26. The Balaban J connectivity index is 1.80. The number of aryl methyl sites for hydroxylation is 1. The van der Waals surface area contributed by atoms with Crippen molar-refractivity contribution >= 4 is 0 Å². The molecule has 0 spiro atoms. The van der Waals surface area contributed by atoms with Crippen molar-refractivity contribution in [2.75, 3.05) is 0 Å². The summed E-state index contributed by atoms with van der Waals surface area (Å²) in [7, 11) is 0. The zero-order chi connectivity index (χ0) is 14.7. The van der Waals surface area contributed by atoms with Gasteiger partial charge in [0.05, 0.1) is 0 Å². The van der Waals surface area contributed by atoms with Crippen LogP contribution in [0.5, 0.6) is 0 Å². The smallest absolute Gasteiger partial charge is 0.0354 e. The zero-order valence-electron chi connectivity index (χ0n) is 13.0. The van der Waals surface area contributed by atoms with Gasteiger partial charge in [0.2, 0.25) is 0 Å². The summed E-state index contributed by atoms with van der Waals surface area (Å²) in [6.45, 7) is 4.42. The Labute approximate surface area is 128 Å². The highest BCUT2D eigenvalue weighted by Crippen LogP contribution is 2.42. The first kappa shape index (κ1) is 14.3. The van der Waals surface area contributed by atoms with Gasteiger partial charge in [-0.25, -0.2) is 0 Å². The van der Waals surface area contributed by atoms with Crippen LogP contribution >= 0.6 is 0 Å². The number of hydrogen-bond donors (Lipinski definition) is 1. The fourth-order valence-electron chi connectivity index (χ4n) is 3.06. The lowest BCUT2D eigenvalue weighted by molar-refractivity contribution is 0.402. The third-order valence-electron chi connectivity index (χ3n) is 4.52. The van der Waals surface area contributed by atoms with Crippen LogP contribution in [0, 0.1) is 12.8 Å². The monoisotopic (exact) mass is 279 g/mol. The zero-order valence-corrected chi connectivity index (χ0v) is 13.0. The molecule has 2 atom stereocenters. The molecule has 0 amide bonds. The molecule has 1 heteroatoms. The summed E-state index contributed by atoms with van der Waals surface area (Å²) < 4.78 is 0. The maximum atomic E-state index is 3.92. The van der Waals surface area contributed by atoms with E-state index in [0.717, 1.165) is 12.3 Å². The normalized spacial score (nSPS) is 17.4. The molecular formula is C20H25N. The molecule has 110 valence electrons. The Morgan fingerprint density at radius 2 is 1.62 bits per heavy atom. The summed E-state index contributed by atoms with van der Waals surface area (Å²) in [5, 5.41) is 3.92. The summed E-state index contributed by atoms with van der Waals surface area (Å²) in [6.07, 6.45) is 3.84. The Morgan fingerprint density at radius 3 is 2.19 bits per heavy atom. The van der Waals surface area contributed by atoms with Crippen molar-refractivity contribution in [1.82, 2.24) is 5.32 Å². The van der Waals surface area contributed by atoms with Gasteiger partial charge in [-0.3, -0.25) is 0 Å². The number of nitrogens with one attached hydrogen (secondary N) is 1. The summed E-state index contributed by atoms with van der Waals surface area (Å²) >= 11 is 0. The molecule has 2 unspecified atom stereocenters. The van der Waals surface area contributed by atoms with Gasteiger partial charge in [-0.2, -0.15) is 0 Å². The Kier molecular flexibility index (Phi) is 4.40. The first-order valence-electron chi connectivity index (χ1n) is 8.15. The molecule has 0 bridgehead atoms. The van der Waals surface area contributed by atoms with Crippen LogP contribution in [0.2, 0.25) is 0 Å². The van der Waals surface area contributed by atoms with Crippen LogP contribution < -0.4 is 5.32 Å². The summed E-state index contributed by atoms with van der Waals surface area (Å²) in [5.74, 6) is 0.811. The van der Waals surface area contributed by atoms with Crippen LogP contribution in [-0.4, -0.2) is 0 Å². The molecule has 1 aliphatic rings. The molecule has 21 heavy (non-hydrogen) atoms. The van der Waals surface area contributed by atoms with Gasteiger partial charge in [0.15, 0.2) is 0 Å². The molecule has 0 radical (unpaired) electrons. The minimum atomic E-state index is 0.443. The van der Waals surface area contributed by atoms with Crippen molar-refractivity contribution in [1.29, 1.82) is 0 Å². The Hall–Kier alpha value is -1.60. The van der Waals surface area contributed by atoms with Gasteiger partial charge in [0.1, 0.15) is 0 Å². The maximum absolute atomic E-state index is 3.92. The number of hydrogen-bond acceptors (Lipinski definition) is 1. The van der Waals surface area contributed by atoms with Crippen molar-refractivity contribution in [2.24, 2.45) is 5.92 Å². The molecule has 2 aromatic rings. The van der Waals surface area contributed by atoms with Crippen LogP contribution in [0.3, 0.4) is 0 Å². The van der Waals surface area contributed by atoms with E-state index in [2.05, 4.69) is 73.8 Å². The van der Waals surface area contributed by atoms with Crippen molar-refractivity contribution in [3.8, 4) is 0 Å². The summed E-state index contributed by atoms with van der Waals surface area (Å²) in [5.41, 5.74) is 4.18. The summed E-state index contributed by atoms with van der Waals surface area (Å²) in [4.78, 5) is 0. The SMILES string of the molecule is CCC(NC(c1ccc(C)cc1)C1CC1)c1ccccc1. The van der Waals surface area contributed by atoms with Gasteiger partial charge >= 0.3 is 0 Å². The third-order valence-corrected chi connectivity index (χ3v) is 4.52. The van der Waals surface area contributed by atoms with Crippen LogP contribution in [0.4, 0.5) is 0 Å². The molecule has 2 aromatic carbocycles. The standard InChI is InChI=1S/C20H25N/c1-3-19(16-7-5-4-6-8-16)21-20(18-13-14-18)17-11-9-15(2)10-12-17/h4-12,18-21H,3,13-14H2,1-2H3. The van der Waals surface area contributed by atoms with E-state index >= 15 is 0 Å². The Morgan fingerprint density at radius 1 is 0.952 bits per heavy atom. The highest BCUT2D eigenvalue weighted by Gasteiger charge is 2.33. The molecule has 0 aliphatic heterocycles. The molecule has 0 aromatic heterocycles. The van der Waals surface area contributed by atoms with Gasteiger partial charge in [-0.05, 0) is 43.2 Å². The van der Waals surface area contributed by atoms with E-state index < -0.39 is 0 Å². The first-order valence-corrected chi connectivity index (χ1v) is 8.15. The van der Waals surface area contributed by atoms with E-state index in [0.29, 0.717) is 12.1 Å². The van der Waals surface area contributed by atoms with Crippen molar-refractivity contribution in [3.05, 3.63) is 71.3 Å². The Bertz CT molecular complexity index is 554. The predicted molar refractivity (Wildman–Crippen MR) is 89.3 cm³/mol. The van der Waals surface area contributed by atoms with E-state index in [-0.39, 0.29) is 0 Å². The molecule has 1 fully saturated rings. The summed E-state index contributed by atoms with van der Waals surface area (Å²) in [6, 6.07) is 20.8. The minimum absolute atomic E-state index is 0.443. The lowest BCUT2D eigenvalue weighted by atomic mass is 9.97. The molecule has 1 N–H and O–H groups in total. The van der Waals surface area contributed by atoms with Gasteiger partial charge in [0, 0.05) is 12.1 Å². The fraction of sp³-hybridized carbons (Fsp3) is 0.400. The van der Waals surface area contributed by atoms with Crippen molar-refractivity contribution in [3.63, 3.8) is 0 Å². The largest absolute Gasteiger partial charge is 0.303 e. The lowest BCUT2D eigenvalue weighted by Crippen LogP contribution is -2.27. The second-order valence-electron chi connectivity index (χ2n) is 6.26. The van der Waals surface area contributed by atoms with Crippen molar-refractivity contribution in [2.45, 2.75) is 45.2 Å². The molecule has 1 saturated carbocycles. The van der Waals surface area contributed by atoms with Gasteiger partial charge in [-0.1, -0.05) is 67.1 Å². The predicted octanol–water partition coefficient (Wildman–Crippen LogP) is 5.19. The van der Waals surface area contributed by atoms with E-state index in [4.69, 9.17) is 0 Å². The van der Waals surface area contributed by atoms with E-state index in [9.17, 15) is 0 Å². The van der Waals surface area contributed by atoms with Crippen molar-refractivity contribution < 1.29 is 0 Å². The van der Waals surface area contributed by atoms with Crippen LogP contribution in [0.15, 0.2) is 54.6 Å². The molecule has 3 rings (SSSR count). The second-order valence-corrected chi connectivity index (χ2v) is 6.26. The third kappa shape index (κ3) is 3.54. The molecule has 0 saturated heterocycles. The quantitative estimate of drug-likeness (QED) is 0.767. The van der Waals surface area contributed by atoms with Crippen LogP contribution in [-0.2, 0) is 0 Å². The van der Waals surface area contributed by atoms with Gasteiger partial charge in [0.25, 0.3) is 0 Å². The molecule has 1 aliphatic carbocycles. The highest BCUT2D eigenvalue weighted by atomic mass is 15.0. The highest BCUT2D eigenvalue weighted by molar-refractivity contribution is 5.27. The number of benzene rings is 2. The number of rotatable bonds is 6. The molecular weight excluding hydrogens is 254 g/mol. The van der Waals surface area contributed by atoms with E-state index in [1.54, 1.807) is 0 Å². The average molecular weight is 279 g/mol.